The summed E-state index contributed by atoms with van der Waals surface area (Å²) in [6.07, 6.45) is 0.854. The second-order valence-electron chi connectivity index (χ2n) is 5.93. The molecule has 0 aliphatic carbocycles. The van der Waals surface area contributed by atoms with E-state index in [2.05, 4.69) is 0 Å². The van der Waals surface area contributed by atoms with Crippen LogP contribution in [0, 0.1) is 11.3 Å². The van der Waals surface area contributed by atoms with Crippen molar-refractivity contribution in [1.82, 2.24) is 0 Å². The Kier molecular flexibility index (Phi) is 9.58. The lowest BCUT2D eigenvalue weighted by Gasteiger charge is -2.29. The fraction of sp³-hybridized carbons (Fsp3) is 1.00. The van der Waals surface area contributed by atoms with Gasteiger partial charge in [-0.25, -0.2) is 13.6 Å². The van der Waals surface area contributed by atoms with Gasteiger partial charge in [0, 0.05) is 26.2 Å². The highest BCUT2D eigenvalue weighted by Crippen LogP contribution is 2.27. The van der Waals surface area contributed by atoms with Crippen molar-refractivity contribution in [3.05, 3.63) is 0 Å². The molecule has 0 saturated heterocycles. The van der Waals surface area contributed by atoms with Gasteiger partial charge in [0.05, 0.1) is 25.6 Å². The molecule has 1 unspecified atom stereocenters. The van der Waals surface area contributed by atoms with Gasteiger partial charge in [0.15, 0.2) is 0 Å². The largest absolute Gasteiger partial charge is 0.385 e. The Morgan fingerprint density at radius 2 is 1.65 bits per heavy atom. The first kappa shape index (κ1) is 19.8. The quantitative estimate of drug-likeness (QED) is 0.575. The van der Waals surface area contributed by atoms with Crippen LogP contribution in [0.4, 0.5) is 0 Å². The van der Waals surface area contributed by atoms with Gasteiger partial charge >= 0.3 is 0 Å². The second kappa shape index (κ2) is 9.68. The molecule has 1 atom stereocenters. The molecule has 0 aromatic heterocycles. The normalized spacial score (nSPS) is 14.4. The Hall–Kier alpha value is -0.210. The molecule has 0 aromatic carbocycles. The second-order valence-corrected chi connectivity index (χ2v) is 7.59. The van der Waals surface area contributed by atoms with Gasteiger partial charge in [-0.1, -0.05) is 20.8 Å². The van der Waals surface area contributed by atoms with Crippen LogP contribution in [0.15, 0.2) is 0 Å². The summed E-state index contributed by atoms with van der Waals surface area (Å²) in [6.45, 7) is 8.56. The number of primary sulfonamides is 1. The average Bonchev–Trinajstić information content (AvgIpc) is 2.28. The van der Waals surface area contributed by atoms with E-state index in [1.807, 2.05) is 20.8 Å². The topological polar surface area (TPSA) is 87.8 Å². The van der Waals surface area contributed by atoms with E-state index in [9.17, 15) is 8.42 Å². The summed E-state index contributed by atoms with van der Waals surface area (Å²) in [5, 5.41) is 5.11. The van der Waals surface area contributed by atoms with E-state index in [0.717, 1.165) is 6.42 Å². The molecule has 0 bridgehead atoms. The molecule has 7 heteroatoms. The Balaban J connectivity index is 3.87. The van der Waals surface area contributed by atoms with Crippen molar-refractivity contribution < 1.29 is 22.6 Å². The molecule has 20 heavy (non-hydrogen) atoms. The number of hydrogen-bond acceptors (Lipinski definition) is 5. The van der Waals surface area contributed by atoms with E-state index >= 15 is 0 Å². The fourth-order valence-corrected chi connectivity index (χ4v) is 2.74. The third-order valence-electron chi connectivity index (χ3n) is 2.99. The summed E-state index contributed by atoms with van der Waals surface area (Å²) < 4.78 is 38.2. The molecule has 2 N–H and O–H groups in total. The lowest BCUT2D eigenvalue weighted by atomic mass is 9.82. The Morgan fingerprint density at radius 1 is 1.05 bits per heavy atom. The minimum Gasteiger partial charge on any atom is -0.385 e. The maximum absolute atomic E-state index is 11.2. The predicted octanol–water partition coefficient (Wildman–Crippen LogP) is 1.01. The van der Waals surface area contributed by atoms with Crippen LogP contribution >= 0.6 is 0 Å². The molecule has 0 radical (unpaired) electrons. The molecule has 0 saturated carbocycles. The summed E-state index contributed by atoms with van der Waals surface area (Å²) in [6, 6.07) is 0. The van der Waals surface area contributed by atoms with Gasteiger partial charge < -0.3 is 14.2 Å². The maximum Gasteiger partial charge on any atom is 0.209 e. The highest BCUT2D eigenvalue weighted by Gasteiger charge is 2.28. The van der Waals surface area contributed by atoms with Crippen LogP contribution in [0.3, 0.4) is 0 Å². The summed E-state index contributed by atoms with van der Waals surface area (Å²) in [7, 11) is -1.84. The molecular formula is C13H29NO5S. The van der Waals surface area contributed by atoms with E-state index in [1.165, 1.54) is 0 Å². The molecule has 0 fully saturated rings. The molecule has 0 rings (SSSR count). The van der Waals surface area contributed by atoms with Crippen molar-refractivity contribution in [2.75, 3.05) is 45.9 Å². The van der Waals surface area contributed by atoms with Gasteiger partial charge in [0.1, 0.15) is 0 Å². The van der Waals surface area contributed by atoms with Gasteiger partial charge in [-0.3, -0.25) is 0 Å². The van der Waals surface area contributed by atoms with Crippen molar-refractivity contribution in [1.29, 1.82) is 0 Å². The number of methoxy groups -OCH3 is 1. The molecule has 0 aliphatic heterocycles. The van der Waals surface area contributed by atoms with Crippen LogP contribution in [0.2, 0.25) is 0 Å². The lowest BCUT2D eigenvalue weighted by Crippen LogP contribution is -2.35. The van der Waals surface area contributed by atoms with Crippen molar-refractivity contribution in [2.45, 2.75) is 27.2 Å². The van der Waals surface area contributed by atoms with Crippen molar-refractivity contribution in [3.8, 4) is 0 Å². The summed E-state index contributed by atoms with van der Waals surface area (Å²) in [5.74, 6) is -0.198. The SMILES string of the molecule is COCCCOCCOCC(CS(N)(=O)=O)C(C)(C)C. The first-order chi connectivity index (χ1) is 9.17. The number of rotatable bonds is 11. The van der Waals surface area contributed by atoms with Crippen molar-refractivity contribution in [3.63, 3.8) is 0 Å². The zero-order valence-corrected chi connectivity index (χ0v) is 13.9. The van der Waals surface area contributed by atoms with E-state index in [0.29, 0.717) is 33.0 Å². The lowest BCUT2D eigenvalue weighted by molar-refractivity contribution is 0.0146. The van der Waals surface area contributed by atoms with E-state index < -0.39 is 10.0 Å². The third-order valence-corrected chi connectivity index (χ3v) is 3.85. The minimum atomic E-state index is -3.49. The highest BCUT2D eigenvalue weighted by atomic mass is 32.2. The standard InChI is InChI=1S/C13H29NO5S/c1-13(2,3)12(11-20(14,15)16)10-19-9-8-18-7-5-6-17-4/h12H,5-11H2,1-4H3,(H2,14,15,16). The average molecular weight is 311 g/mol. The molecule has 0 aliphatic rings. The summed E-state index contributed by atoms with van der Waals surface area (Å²) >= 11 is 0. The smallest absolute Gasteiger partial charge is 0.209 e. The zero-order chi connectivity index (χ0) is 15.6. The summed E-state index contributed by atoms with van der Waals surface area (Å²) in [4.78, 5) is 0. The number of hydrogen-bond donors (Lipinski definition) is 1. The zero-order valence-electron chi connectivity index (χ0n) is 13.1. The number of ether oxygens (including phenoxy) is 3. The van der Waals surface area contributed by atoms with Crippen LogP contribution in [-0.2, 0) is 24.2 Å². The maximum atomic E-state index is 11.2. The van der Waals surface area contributed by atoms with Gasteiger partial charge in [-0.05, 0) is 11.8 Å². The van der Waals surface area contributed by atoms with E-state index in [4.69, 9.17) is 19.3 Å². The van der Waals surface area contributed by atoms with E-state index in [1.54, 1.807) is 7.11 Å². The molecule has 122 valence electrons. The van der Waals surface area contributed by atoms with Crippen molar-refractivity contribution in [2.24, 2.45) is 16.5 Å². The van der Waals surface area contributed by atoms with E-state index in [-0.39, 0.29) is 17.1 Å². The van der Waals surface area contributed by atoms with Crippen LogP contribution in [-0.4, -0.2) is 54.3 Å². The van der Waals surface area contributed by atoms with Gasteiger partial charge in [-0.2, -0.15) is 0 Å². The molecular weight excluding hydrogens is 282 g/mol. The number of sulfonamides is 1. The first-order valence-corrected chi connectivity index (χ1v) is 8.53. The molecule has 0 aromatic rings. The van der Waals surface area contributed by atoms with Crippen LogP contribution in [0.5, 0.6) is 0 Å². The fourth-order valence-electron chi connectivity index (χ4n) is 1.58. The minimum absolute atomic E-state index is 0.0643. The molecule has 0 heterocycles. The van der Waals surface area contributed by atoms with Gasteiger partial charge in [0.2, 0.25) is 10.0 Å². The Bertz CT molecular complexity index is 337. The Labute approximate surface area is 123 Å². The molecule has 6 nitrogen and oxygen atoms in total. The van der Waals surface area contributed by atoms with Crippen LogP contribution < -0.4 is 5.14 Å². The monoisotopic (exact) mass is 311 g/mol. The Morgan fingerprint density at radius 3 is 2.15 bits per heavy atom. The first-order valence-electron chi connectivity index (χ1n) is 6.81. The van der Waals surface area contributed by atoms with Gasteiger partial charge in [0.25, 0.3) is 0 Å². The molecule has 0 spiro atoms. The summed E-state index contributed by atoms with van der Waals surface area (Å²) in [5.41, 5.74) is -0.175. The van der Waals surface area contributed by atoms with Crippen LogP contribution in [0.1, 0.15) is 27.2 Å². The van der Waals surface area contributed by atoms with Gasteiger partial charge in [-0.15, -0.1) is 0 Å². The third kappa shape index (κ3) is 11.6. The predicted molar refractivity (Wildman–Crippen MR) is 79.1 cm³/mol. The van der Waals surface area contributed by atoms with Crippen LogP contribution in [0.25, 0.3) is 0 Å². The molecule has 0 amide bonds. The highest BCUT2D eigenvalue weighted by molar-refractivity contribution is 7.89. The number of nitrogens with two attached hydrogens (primary N) is 1. The van der Waals surface area contributed by atoms with Crippen molar-refractivity contribution >= 4 is 10.0 Å².